The molecule has 0 aliphatic carbocycles. The fourth-order valence-electron chi connectivity index (χ4n) is 1.55. The Morgan fingerprint density at radius 1 is 0.824 bits per heavy atom. The molecule has 0 saturated carbocycles. The second-order valence-electron chi connectivity index (χ2n) is 4.66. The Hall–Kier alpha value is -0.490. The Balaban J connectivity index is 3.25. The summed E-state index contributed by atoms with van der Waals surface area (Å²) < 4.78 is 0. The van der Waals surface area contributed by atoms with E-state index < -0.39 is 0 Å². The Bertz CT molecular complexity index is 232. The molecule has 0 N–H and O–H groups in total. The van der Waals surface area contributed by atoms with E-state index in [-0.39, 0.29) is 0 Å². The predicted molar refractivity (Wildman–Crippen MR) is 80.8 cm³/mol. The number of allylic oxidation sites excluding steroid dienone is 6. The molecule has 0 fully saturated rings. The van der Waals surface area contributed by atoms with Gasteiger partial charge in [0.15, 0.2) is 0 Å². The minimum Gasteiger partial charge on any atom is -0.127 e. The molecule has 0 spiro atoms. The molecule has 0 nitrogen and oxygen atoms in total. The van der Waals surface area contributed by atoms with Gasteiger partial charge in [0.05, 0.1) is 0 Å². The van der Waals surface area contributed by atoms with Gasteiger partial charge in [0, 0.05) is 5.88 Å². The van der Waals surface area contributed by atoms with E-state index in [0.717, 1.165) is 5.88 Å². The average molecular weight is 255 g/mol. The number of unbranched alkanes of at least 4 members (excludes halogenated alkanes) is 6. The molecule has 0 aromatic carbocycles. The monoisotopic (exact) mass is 254 g/mol. The molecule has 0 bridgehead atoms. The van der Waals surface area contributed by atoms with Crippen LogP contribution in [0.15, 0.2) is 36.0 Å². The highest BCUT2D eigenvalue weighted by Gasteiger charge is 1.89. The van der Waals surface area contributed by atoms with Crippen LogP contribution < -0.4 is 0 Å². The summed E-state index contributed by atoms with van der Waals surface area (Å²) in [6.45, 7) is 4.22. The van der Waals surface area contributed by atoms with Crippen LogP contribution in [-0.4, -0.2) is 5.88 Å². The van der Waals surface area contributed by atoms with Gasteiger partial charge in [-0.25, -0.2) is 0 Å². The number of alkyl halides is 1. The van der Waals surface area contributed by atoms with Gasteiger partial charge in [-0.2, -0.15) is 0 Å². The molecule has 0 unspecified atom stereocenters. The molecule has 0 radical (unpaired) electrons. The van der Waals surface area contributed by atoms with Crippen LogP contribution in [0.25, 0.3) is 0 Å². The van der Waals surface area contributed by atoms with E-state index in [1.807, 2.05) is 0 Å². The molecule has 0 saturated heterocycles. The lowest BCUT2D eigenvalue weighted by atomic mass is 10.1. The first-order valence-corrected chi connectivity index (χ1v) is 7.33. The first kappa shape index (κ1) is 16.5. The van der Waals surface area contributed by atoms with Crippen LogP contribution >= 0.6 is 11.6 Å². The Labute approximate surface area is 112 Å². The van der Waals surface area contributed by atoms with Crippen molar-refractivity contribution in [3.05, 3.63) is 36.0 Å². The summed E-state index contributed by atoms with van der Waals surface area (Å²) >= 11 is 5.62. The zero-order valence-electron chi connectivity index (χ0n) is 11.4. The third-order valence-corrected chi connectivity index (χ3v) is 2.81. The fraction of sp³-hybridized carbons (Fsp3) is 0.625. The number of rotatable bonds is 10. The third kappa shape index (κ3) is 15.5. The van der Waals surface area contributed by atoms with E-state index in [1.54, 1.807) is 0 Å². The van der Waals surface area contributed by atoms with Gasteiger partial charge >= 0.3 is 0 Å². The van der Waals surface area contributed by atoms with E-state index in [9.17, 15) is 0 Å². The van der Waals surface area contributed by atoms with Gasteiger partial charge in [-0.1, -0.05) is 61.6 Å². The Kier molecular flexibility index (Phi) is 13.2. The van der Waals surface area contributed by atoms with E-state index in [4.69, 9.17) is 11.6 Å². The van der Waals surface area contributed by atoms with Gasteiger partial charge in [0.1, 0.15) is 0 Å². The van der Waals surface area contributed by atoms with E-state index in [0.29, 0.717) is 0 Å². The van der Waals surface area contributed by atoms with Gasteiger partial charge in [0.25, 0.3) is 0 Å². The minimum atomic E-state index is 0.820. The second-order valence-corrected chi connectivity index (χ2v) is 5.03. The fourth-order valence-corrected chi connectivity index (χ4v) is 1.74. The quantitative estimate of drug-likeness (QED) is 0.253. The lowest BCUT2D eigenvalue weighted by Gasteiger charge is -1.98. The first-order chi connectivity index (χ1) is 8.27. The molecule has 0 aromatic heterocycles. The van der Waals surface area contributed by atoms with E-state index in [1.165, 1.54) is 50.5 Å². The SMILES string of the molecule is CC(C)=CC=CC=CCCCCCCCCCl. The molecular weight excluding hydrogens is 228 g/mol. The molecule has 0 heterocycles. The summed E-state index contributed by atoms with van der Waals surface area (Å²) in [4.78, 5) is 0. The summed E-state index contributed by atoms with van der Waals surface area (Å²) in [6.07, 6.45) is 19.8. The minimum absolute atomic E-state index is 0.820. The van der Waals surface area contributed by atoms with Crippen molar-refractivity contribution in [1.29, 1.82) is 0 Å². The largest absolute Gasteiger partial charge is 0.127 e. The highest BCUT2D eigenvalue weighted by molar-refractivity contribution is 6.17. The topological polar surface area (TPSA) is 0 Å². The van der Waals surface area contributed by atoms with Crippen LogP contribution in [0.1, 0.15) is 58.8 Å². The molecular formula is C16H27Cl. The highest BCUT2D eigenvalue weighted by atomic mass is 35.5. The summed E-state index contributed by atoms with van der Waals surface area (Å²) in [5.74, 6) is 0.820. The van der Waals surface area contributed by atoms with Gasteiger partial charge < -0.3 is 0 Å². The summed E-state index contributed by atoms with van der Waals surface area (Å²) in [7, 11) is 0. The van der Waals surface area contributed by atoms with Gasteiger partial charge in [-0.05, 0) is 33.1 Å². The van der Waals surface area contributed by atoms with Crippen molar-refractivity contribution in [1.82, 2.24) is 0 Å². The molecule has 0 atom stereocenters. The predicted octanol–water partition coefficient (Wildman–Crippen LogP) is 6.03. The Morgan fingerprint density at radius 2 is 1.47 bits per heavy atom. The van der Waals surface area contributed by atoms with Crippen LogP contribution in [0.5, 0.6) is 0 Å². The maximum absolute atomic E-state index is 5.62. The average Bonchev–Trinajstić information content (AvgIpc) is 2.30. The summed E-state index contributed by atoms with van der Waals surface area (Å²) in [6, 6.07) is 0. The highest BCUT2D eigenvalue weighted by Crippen LogP contribution is 2.07. The molecule has 98 valence electrons. The molecule has 0 aromatic rings. The summed E-state index contributed by atoms with van der Waals surface area (Å²) in [5, 5.41) is 0. The lowest BCUT2D eigenvalue weighted by molar-refractivity contribution is 0.612. The standard InChI is InChI=1S/C16H27Cl/c1-16(2)14-12-10-8-6-4-3-5-7-9-11-13-15-17/h6,8,10,12,14H,3-5,7,9,11,13,15H2,1-2H3. The number of hydrogen-bond acceptors (Lipinski definition) is 0. The van der Waals surface area contributed by atoms with E-state index in [2.05, 4.69) is 44.2 Å². The van der Waals surface area contributed by atoms with Crippen LogP contribution in [0, 0.1) is 0 Å². The normalized spacial score (nSPS) is 11.5. The van der Waals surface area contributed by atoms with Crippen LogP contribution in [0.3, 0.4) is 0 Å². The number of hydrogen-bond donors (Lipinski definition) is 0. The van der Waals surface area contributed by atoms with Crippen LogP contribution in [0.2, 0.25) is 0 Å². The summed E-state index contributed by atoms with van der Waals surface area (Å²) in [5.41, 5.74) is 1.34. The second kappa shape index (κ2) is 13.6. The zero-order chi connectivity index (χ0) is 12.8. The van der Waals surface area contributed by atoms with Crippen molar-refractivity contribution in [2.24, 2.45) is 0 Å². The van der Waals surface area contributed by atoms with Crippen molar-refractivity contribution in [2.75, 3.05) is 5.88 Å². The first-order valence-electron chi connectivity index (χ1n) is 6.80. The third-order valence-electron chi connectivity index (χ3n) is 2.54. The van der Waals surface area contributed by atoms with Crippen molar-refractivity contribution in [3.8, 4) is 0 Å². The number of halogens is 1. The van der Waals surface area contributed by atoms with Gasteiger partial charge in [0.2, 0.25) is 0 Å². The van der Waals surface area contributed by atoms with Crippen molar-refractivity contribution in [3.63, 3.8) is 0 Å². The van der Waals surface area contributed by atoms with Crippen LogP contribution in [-0.2, 0) is 0 Å². The lowest BCUT2D eigenvalue weighted by Crippen LogP contribution is -1.80. The molecule has 0 amide bonds. The van der Waals surface area contributed by atoms with Crippen molar-refractivity contribution < 1.29 is 0 Å². The molecule has 17 heavy (non-hydrogen) atoms. The molecule has 0 rings (SSSR count). The van der Waals surface area contributed by atoms with Gasteiger partial charge in [-0.15, -0.1) is 11.6 Å². The van der Waals surface area contributed by atoms with Crippen molar-refractivity contribution >= 4 is 11.6 Å². The van der Waals surface area contributed by atoms with Crippen molar-refractivity contribution in [2.45, 2.75) is 58.8 Å². The van der Waals surface area contributed by atoms with E-state index >= 15 is 0 Å². The molecule has 0 aliphatic heterocycles. The van der Waals surface area contributed by atoms with Crippen LogP contribution in [0.4, 0.5) is 0 Å². The Morgan fingerprint density at radius 3 is 2.12 bits per heavy atom. The zero-order valence-corrected chi connectivity index (χ0v) is 12.2. The maximum Gasteiger partial charge on any atom is 0.0223 e. The molecule has 1 heteroatoms. The molecule has 0 aliphatic rings. The smallest absolute Gasteiger partial charge is 0.0223 e. The maximum atomic E-state index is 5.62. The van der Waals surface area contributed by atoms with Gasteiger partial charge in [-0.3, -0.25) is 0 Å².